The number of methoxy groups -OCH3 is 1. The van der Waals surface area contributed by atoms with Gasteiger partial charge in [-0.2, -0.15) is 0 Å². The van der Waals surface area contributed by atoms with E-state index in [1.807, 2.05) is 12.1 Å². The highest BCUT2D eigenvalue weighted by molar-refractivity contribution is 5.43. The van der Waals surface area contributed by atoms with Crippen molar-refractivity contribution >= 4 is 0 Å². The first-order chi connectivity index (χ1) is 13.1. The molecular weight excluding hydrogens is 344 g/mol. The van der Waals surface area contributed by atoms with E-state index in [1.165, 1.54) is 18.4 Å². The van der Waals surface area contributed by atoms with E-state index in [4.69, 9.17) is 9.47 Å². The zero-order valence-electron chi connectivity index (χ0n) is 16.6. The summed E-state index contributed by atoms with van der Waals surface area (Å²) < 4.78 is 11.3. The van der Waals surface area contributed by atoms with Crippen molar-refractivity contribution in [2.45, 2.75) is 57.4 Å². The third kappa shape index (κ3) is 6.07. The van der Waals surface area contributed by atoms with E-state index >= 15 is 0 Å². The van der Waals surface area contributed by atoms with Crippen LogP contribution in [0.4, 0.5) is 0 Å². The second-order valence-corrected chi connectivity index (χ2v) is 7.78. The SMILES string of the molecule is CCN(Cc1ccc(OCC(O)CN2CCC(O)CC2)c(OC)c1)C1CC1. The average Bonchev–Trinajstić information content (AvgIpc) is 3.51. The molecular formula is C21H34N2O4. The third-order valence-corrected chi connectivity index (χ3v) is 5.54. The summed E-state index contributed by atoms with van der Waals surface area (Å²) in [4.78, 5) is 4.67. The number of nitrogens with zero attached hydrogens (tertiary/aromatic N) is 2. The Morgan fingerprint density at radius 1 is 1.19 bits per heavy atom. The molecule has 1 aromatic carbocycles. The molecule has 1 aromatic rings. The van der Waals surface area contributed by atoms with Crippen molar-refractivity contribution in [2.75, 3.05) is 39.9 Å². The molecule has 6 heteroatoms. The van der Waals surface area contributed by atoms with Crippen LogP contribution in [0.5, 0.6) is 11.5 Å². The zero-order valence-corrected chi connectivity index (χ0v) is 16.6. The van der Waals surface area contributed by atoms with Crippen LogP contribution in [0.1, 0.15) is 38.2 Å². The van der Waals surface area contributed by atoms with Crippen LogP contribution in [0.2, 0.25) is 0 Å². The Hall–Kier alpha value is -1.34. The molecule has 1 atom stereocenters. The second-order valence-electron chi connectivity index (χ2n) is 7.78. The van der Waals surface area contributed by atoms with Crippen molar-refractivity contribution in [3.63, 3.8) is 0 Å². The summed E-state index contributed by atoms with van der Waals surface area (Å²) in [5.74, 6) is 1.39. The molecule has 1 saturated heterocycles. The van der Waals surface area contributed by atoms with Crippen LogP contribution in [-0.2, 0) is 6.54 Å². The Kier molecular flexibility index (Phi) is 7.35. The third-order valence-electron chi connectivity index (χ3n) is 5.54. The first-order valence-electron chi connectivity index (χ1n) is 10.2. The smallest absolute Gasteiger partial charge is 0.161 e. The average molecular weight is 379 g/mol. The van der Waals surface area contributed by atoms with Crippen LogP contribution in [0.3, 0.4) is 0 Å². The molecule has 0 bridgehead atoms. The predicted octanol–water partition coefficient (Wildman–Crippen LogP) is 1.88. The van der Waals surface area contributed by atoms with Gasteiger partial charge in [0.05, 0.1) is 13.2 Å². The van der Waals surface area contributed by atoms with Crippen molar-refractivity contribution in [1.82, 2.24) is 9.80 Å². The lowest BCUT2D eigenvalue weighted by molar-refractivity contribution is 0.0333. The Bertz CT molecular complexity index is 586. The molecule has 0 radical (unpaired) electrons. The maximum absolute atomic E-state index is 10.3. The highest BCUT2D eigenvalue weighted by Gasteiger charge is 2.27. The van der Waals surface area contributed by atoms with Crippen LogP contribution in [0.25, 0.3) is 0 Å². The Labute approximate surface area is 162 Å². The number of piperidine rings is 1. The van der Waals surface area contributed by atoms with Crippen molar-refractivity contribution in [3.8, 4) is 11.5 Å². The van der Waals surface area contributed by atoms with Crippen molar-refractivity contribution in [3.05, 3.63) is 23.8 Å². The van der Waals surface area contributed by atoms with E-state index in [-0.39, 0.29) is 12.7 Å². The normalized spacial score (nSPS) is 20.0. The van der Waals surface area contributed by atoms with Gasteiger partial charge in [0.15, 0.2) is 11.5 Å². The first-order valence-corrected chi connectivity index (χ1v) is 10.2. The van der Waals surface area contributed by atoms with E-state index in [0.717, 1.165) is 45.1 Å². The fourth-order valence-electron chi connectivity index (χ4n) is 3.74. The van der Waals surface area contributed by atoms with Gasteiger partial charge in [-0.3, -0.25) is 4.90 Å². The van der Waals surface area contributed by atoms with Gasteiger partial charge in [0.2, 0.25) is 0 Å². The van der Waals surface area contributed by atoms with E-state index in [0.29, 0.717) is 18.0 Å². The summed E-state index contributed by atoms with van der Waals surface area (Å²) in [6.45, 7) is 6.65. The van der Waals surface area contributed by atoms with Gasteiger partial charge < -0.3 is 24.6 Å². The second kappa shape index (κ2) is 9.73. The molecule has 152 valence electrons. The lowest BCUT2D eigenvalue weighted by atomic mass is 10.1. The van der Waals surface area contributed by atoms with Crippen LogP contribution in [0.15, 0.2) is 18.2 Å². The molecule has 1 unspecified atom stereocenters. The molecule has 1 heterocycles. The highest BCUT2D eigenvalue weighted by atomic mass is 16.5. The van der Waals surface area contributed by atoms with Crippen molar-refractivity contribution in [2.24, 2.45) is 0 Å². The molecule has 1 saturated carbocycles. The summed E-state index contributed by atoms with van der Waals surface area (Å²) >= 11 is 0. The highest BCUT2D eigenvalue weighted by Crippen LogP contribution is 2.31. The Morgan fingerprint density at radius 2 is 1.93 bits per heavy atom. The summed E-state index contributed by atoms with van der Waals surface area (Å²) in [5.41, 5.74) is 1.22. The molecule has 27 heavy (non-hydrogen) atoms. The first kappa shape index (κ1) is 20.4. The molecule has 2 fully saturated rings. The van der Waals surface area contributed by atoms with Crippen molar-refractivity contribution in [1.29, 1.82) is 0 Å². The van der Waals surface area contributed by atoms with Crippen LogP contribution < -0.4 is 9.47 Å². The molecule has 3 rings (SSSR count). The van der Waals surface area contributed by atoms with Gasteiger partial charge in [-0.1, -0.05) is 13.0 Å². The van der Waals surface area contributed by atoms with Gasteiger partial charge in [-0.25, -0.2) is 0 Å². The largest absolute Gasteiger partial charge is 0.493 e. The number of β-amino-alcohol motifs (C(OH)–C–C–N with tert-alkyl or cyclic N) is 1. The standard InChI is InChI=1S/C21H34N2O4/c1-3-23(17-5-6-17)13-16-4-7-20(21(12-16)26-2)27-15-19(25)14-22-10-8-18(24)9-11-22/h4,7,12,17-19,24-25H,3,5-6,8-11,13-15H2,1-2H3. The molecule has 0 aromatic heterocycles. The van der Waals surface area contributed by atoms with Crippen LogP contribution in [-0.4, -0.2) is 78.2 Å². The fraction of sp³-hybridized carbons (Fsp3) is 0.714. The maximum Gasteiger partial charge on any atom is 0.161 e. The molecule has 1 aliphatic carbocycles. The number of aliphatic hydroxyl groups is 2. The number of rotatable bonds is 10. The minimum absolute atomic E-state index is 0.194. The minimum Gasteiger partial charge on any atom is -0.493 e. The molecule has 0 spiro atoms. The van der Waals surface area contributed by atoms with Gasteiger partial charge in [0, 0.05) is 32.2 Å². The molecule has 2 aliphatic rings. The number of hydrogen-bond acceptors (Lipinski definition) is 6. The van der Waals surface area contributed by atoms with Crippen LogP contribution >= 0.6 is 0 Å². The number of hydrogen-bond donors (Lipinski definition) is 2. The predicted molar refractivity (Wildman–Crippen MR) is 105 cm³/mol. The number of likely N-dealkylation sites (tertiary alicyclic amines) is 1. The topological polar surface area (TPSA) is 65.4 Å². The maximum atomic E-state index is 10.3. The number of benzene rings is 1. The summed E-state index contributed by atoms with van der Waals surface area (Å²) in [7, 11) is 1.65. The van der Waals surface area contributed by atoms with E-state index < -0.39 is 6.10 Å². The van der Waals surface area contributed by atoms with Crippen molar-refractivity contribution < 1.29 is 19.7 Å². The molecule has 6 nitrogen and oxygen atoms in total. The summed E-state index contributed by atoms with van der Waals surface area (Å²) in [6.07, 6.45) is 3.41. The van der Waals surface area contributed by atoms with E-state index in [1.54, 1.807) is 7.11 Å². The minimum atomic E-state index is -0.560. The summed E-state index contributed by atoms with van der Waals surface area (Å²) in [5, 5.41) is 19.9. The molecule has 2 N–H and O–H groups in total. The van der Waals surface area contributed by atoms with Gasteiger partial charge in [0.25, 0.3) is 0 Å². The monoisotopic (exact) mass is 378 g/mol. The quantitative estimate of drug-likeness (QED) is 0.648. The van der Waals surface area contributed by atoms with Gasteiger partial charge in [-0.15, -0.1) is 0 Å². The number of ether oxygens (including phenoxy) is 2. The lowest BCUT2D eigenvalue weighted by Crippen LogP contribution is -2.41. The van der Waals surface area contributed by atoms with E-state index in [2.05, 4.69) is 22.8 Å². The summed E-state index contributed by atoms with van der Waals surface area (Å²) in [6, 6.07) is 6.81. The van der Waals surface area contributed by atoms with Gasteiger partial charge in [-0.05, 0) is 49.9 Å². The van der Waals surface area contributed by atoms with E-state index in [9.17, 15) is 10.2 Å². The number of aliphatic hydroxyl groups excluding tert-OH is 2. The Balaban J connectivity index is 1.50. The lowest BCUT2D eigenvalue weighted by Gasteiger charge is -2.30. The molecule has 1 aliphatic heterocycles. The fourth-order valence-corrected chi connectivity index (χ4v) is 3.74. The molecule has 0 amide bonds. The van der Waals surface area contributed by atoms with Gasteiger partial charge in [0.1, 0.15) is 12.7 Å². The Morgan fingerprint density at radius 3 is 2.56 bits per heavy atom. The van der Waals surface area contributed by atoms with Gasteiger partial charge >= 0.3 is 0 Å². The zero-order chi connectivity index (χ0) is 19.2. The van der Waals surface area contributed by atoms with Crippen LogP contribution in [0, 0.1) is 0 Å².